The lowest BCUT2D eigenvalue weighted by atomic mass is 10.3. The van der Waals surface area contributed by atoms with E-state index >= 15 is 0 Å². The molecule has 9 nitrogen and oxygen atoms in total. The highest BCUT2D eigenvalue weighted by Crippen LogP contribution is 2.40. The largest absolute Gasteiger partial charge is 0.294 e. The van der Waals surface area contributed by atoms with Crippen molar-refractivity contribution in [2.24, 2.45) is 5.14 Å². The van der Waals surface area contributed by atoms with Crippen LogP contribution in [0.1, 0.15) is 18.9 Å². The molecule has 0 aromatic carbocycles. The summed E-state index contributed by atoms with van der Waals surface area (Å²) in [7, 11) is -3.92. The second-order valence-corrected chi connectivity index (χ2v) is 6.37. The highest BCUT2D eigenvalue weighted by molar-refractivity contribution is 7.89. The smallest absolute Gasteiger partial charge is 0.273 e. The highest BCUT2D eigenvalue weighted by atomic mass is 32.2. The molecule has 0 radical (unpaired) electrons. The van der Waals surface area contributed by atoms with E-state index in [4.69, 9.17) is 5.14 Å². The molecule has 1 aliphatic carbocycles. The Labute approximate surface area is 119 Å². The number of nitrogens with two attached hydrogens (primary N) is 1. The third-order valence-electron chi connectivity index (χ3n) is 3.40. The second kappa shape index (κ2) is 4.09. The standard InChI is InChI=1S/C11H11N7O2S/c12-21(19,20)11-16-15-10(18(11)7-1-2-7)8-5-14-17-4-3-13-6-9(8)17/h3-7H,1-2H2,(H2,12,19,20). The van der Waals surface area contributed by atoms with Crippen LogP contribution in [-0.2, 0) is 10.0 Å². The summed E-state index contributed by atoms with van der Waals surface area (Å²) in [4.78, 5) is 4.06. The van der Waals surface area contributed by atoms with Crippen molar-refractivity contribution in [3.8, 4) is 11.4 Å². The van der Waals surface area contributed by atoms with Crippen molar-refractivity contribution >= 4 is 15.5 Å². The quantitative estimate of drug-likeness (QED) is 0.725. The van der Waals surface area contributed by atoms with E-state index < -0.39 is 10.0 Å². The third kappa shape index (κ3) is 1.91. The molecular weight excluding hydrogens is 294 g/mol. The molecule has 3 heterocycles. The molecule has 0 aliphatic heterocycles. The summed E-state index contributed by atoms with van der Waals surface area (Å²) < 4.78 is 26.5. The Balaban J connectivity index is 1.99. The van der Waals surface area contributed by atoms with Gasteiger partial charge in [-0.15, -0.1) is 10.2 Å². The summed E-state index contributed by atoms with van der Waals surface area (Å²) >= 11 is 0. The van der Waals surface area contributed by atoms with E-state index in [1.54, 1.807) is 33.9 Å². The minimum Gasteiger partial charge on any atom is -0.294 e. The number of hydrogen-bond donors (Lipinski definition) is 1. The number of nitrogens with zero attached hydrogens (tertiary/aromatic N) is 6. The van der Waals surface area contributed by atoms with E-state index in [9.17, 15) is 8.42 Å². The van der Waals surface area contributed by atoms with Crippen molar-refractivity contribution in [1.29, 1.82) is 0 Å². The third-order valence-corrected chi connectivity index (χ3v) is 4.18. The van der Waals surface area contributed by atoms with Crippen LogP contribution in [0.4, 0.5) is 0 Å². The molecule has 0 saturated heterocycles. The molecule has 0 unspecified atom stereocenters. The summed E-state index contributed by atoms with van der Waals surface area (Å²) in [6.07, 6.45) is 8.34. The van der Waals surface area contributed by atoms with E-state index in [1.807, 2.05) is 0 Å². The fourth-order valence-electron chi connectivity index (χ4n) is 2.32. The van der Waals surface area contributed by atoms with Gasteiger partial charge < -0.3 is 0 Å². The number of rotatable bonds is 3. The average molecular weight is 305 g/mol. The Bertz CT molecular complexity index is 939. The van der Waals surface area contributed by atoms with Crippen LogP contribution >= 0.6 is 0 Å². The molecule has 10 heteroatoms. The first kappa shape index (κ1) is 12.4. The van der Waals surface area contributed by atoms with Gasteiger partial charge in [0.1, 0.15) is 0 Å². The van der Waals surface area contributed by atoms with Gasteiger partial charge in [0.15, 0.2) is 5.82 Å². The van der Waals surface area contributed by atoms with Gasteiger partial charge in [-0.05, 0) is 12.8 Å². The van der Waals surface area contributed by atoms with Crippen molar-refractivity contribution in [2.45, 2.75) is 24.0 Å². The van der Waals surface area contributed by atoms with Gasteiger partial charge in [-0.2, -0.15) is 5.10 Å². The predicted octanol–water partition coefficient (Wildman–Crippen LogP) is -0.0299. The monoisotopic (exact) mass is 305 g/mol. The minimum absolute atomic E-state index is 0.0648. The van der Waals surface area contributed by atoms with E-state index in [0.29, 0.717) is 11.4 Å². The molecule has 3 aromatic heterocycles. The van der Waals surface area contributed by atoms with E-state index in [-0.39, 0.29) is 11.2 Å². The number of fused-ring (bicyclic) bond motifs is 1. The fraction of sp³-hybridized carbons (Fsp3) is 0.273. The molecule has 0 amide bonds. The van der Waals surface area contributed by atoms with Crippen LogP contribution in [0.25, 0.3) is 16.9 Å². The van der Waals surface area contributed by atoms with E-state index in [2.05, 4.69) is 20.3 Å². The SMILES string of the molecule is NS(=O)(=O)c1nnc(-c2cnn3ccncc23)n1C1CC1. The Morgan fingerprint density at radius 1 is 1.24 bits per heavy atom. The Morgan fingerprint density at radius 3 is 2.76 bits per heavy atom. The summed E-state index contributed by atoms with van der Waals surface area (Å²) in [6, 6.07) is 0.0648. The van der Waals surface area contributed by atoms with Gasteiger partial charge in [-0.25, -0.2) is 18.1 Å². The van der Waals surface area contributed by atoms with Crippen LogP contribution in [0.3, 0.4) is 0 Å². The molecule has 21 heavy (non-hydrogen) atoms. The molecule has 0 bridgehead atoms. The van der Waals surface area contributed by atoms with Gasteiger partial charge in [-0.3, -0.25) is 9.55 Å². The molecule has 3 aromatic rings. The van der Waals surface area contributed by atoms with Crippen LogP contribution < -0.4 is 5.14 Å². The van der Waals surface area contributed by atoms with Crippen molar-refractivity contribution in [2.75, 3.05) is 0 Å². The first-order chi connectivity index (χ1) is 10.1. The maximum Gasteiger partial charge on any atom is 0.273 e. The molecular formula is C11H11N7O2S. The van der Waals surface area contributed by atoms with Crippen LogP contribution in [0.5, 0.6) is 0 Å². The molecule has 0 spiro atoms. The van der Waals surface area contributed by atoms with Crippen molar-refractivity contribution in [3.63, 3.8) is 0 Å². The summed E-state index contributed by atoms with van der Waals surface area (Å²) in [5.74, 6) is 0.449. The van der Waals surface area contributed by atoms with Crippen molar-refractivity contribution in [1.82, 2.24) is 29.4 Å². The van der Waals surface area contributed by atoms with E-state index in [0.717, 1.165) is 18.4 Å². The lowest BCUT2D eigenvalue weighted by molar-refractivity contribution is 0.567. The molecule has 1 saturated carbocycles. The van der Waals surface area contributed by atoms with Crippen LogP contribution in [0, 0.1) is 0 Å². The van der Waals surface area contributed by atoms with Crippen molar-refractivity contribution in [3.05, 3.63) is 24.8 Å². The number of sulfonamides is 1. The molecule has 1 aliphatic rings. The topological polar surface area (TPSA) is 121 Å². The zero-order chi connectivity index (χ0) is 14.6. The van der Waals surface area contributed by atoms with Crippen molar-refractivity contribution < 1.29 is 8.42 Å². The van der Waals surface area contributed by atoms with Crippen LogP contribution in [0.15, 0.2) is 29.9 Å². The lowest BCUT2D eigenvalue weighted by Crippen LogP contribution is -2.18. The first-order valence-electron chi connectivity index (χ1n) is 6.31. The molecule has 1 fully saturated rings. The normalized spacial score (nSPS) is 15.7. The maximum absolute atomic E-state index is 11.7. The predicted molar refractivity (Wildman–Crippen MR) is 71.6 cm³/mol. The minimum atomic E-state index is -3.92. The Kier molecular flexibility index (Phi) is 2.41. The van der Waals surface area contributed by atoms with Gasteiger partial charge in [0.2, 0.25) is 0 Å². The summed E-state index contributed by atoms with van der Waals surface area (Å²) in [6.45, 7) is 0. The van der Waals surface area contributed by atoms with Gasteiger partial charge in [0.25, 0.3) is 15.2 Å². The lowest BCUT2D eigenvalue weighted by Gasteiger charge is -2.06. The zero-order valence-corrected chi connectivity index (χ0v) is 11.6. The molecule has 108 valence electrons. The van der Waals surface area contributed by atoms with Gasteiger partial charge in [0, 0.05) is 18.4 Å². The first-order valence-corrected chi connectivity index (χ1v) is 7.86. The fourth-order valence-corrected chi connectivity index (χ4v) is 2.99. The number of aromatic nitrogens is 6. The summed E-state index contributed by atoms with van der Waals surface area (Å²) in [5.41, 5.74) is 1.41. The number of primary sulfonamides is 1. The second-order valence-electron chi connectivity index (χ2n) is 4.92. The Hall–Kier alpha value is -2.33. The highest BCUT2D eigenvalue weighted by Gasteiger charge is 2.34. The van der Waals surface area contributed by atoms with E-state index in [1.165, 1.54) is 0 Å². The number of hydrogen-bond acceptors (Lipinski definition) is 6. The maximum atomic E-state index is 11.7. The molecule has 4 rings (SSSR count). The summed E-state index contributed by atoms with van der Waals surface area (Å²) in [5, 5.41) is 17.0. The van der Waals surface area contributed by atoms with Crippen LogP contribution in [0.2, 0.25) is 0 Å². The molecule has 2 N–H and O–H groups in total. The van der Waals surface area contributed by atoms with Crippen LogP contribution in [-0.4, -0.2) is 37.8 Å². The Morgan fingerprint density at radius 2 is 2.05 bits per heavy atom. The average Bonchev–Trinajstić information content (AvgIpc) is 3.03. The zero-order valence-electron chi connectivity index (χ0n) is 10.8. The van der Waals surface area contributed by atoms with Gasteiger partial charge in [0.05, 0.1) is 23.5 Å². The molecule has 0 atom stereocenters. The van der Waals surface area contributed by atoms with Gasteiger partial charge in [-0.1, -0.05) is 0 Å². The van der Waals surface area contributed by atoms with Gasteiger partial charge >= 0.3 is 0 Å².